The fraction of sp³-hybridized carbons (Fsp3) is 0.350. The van der Waals surface area contributed by atoms with Gasteiger partial charge in [-0.2, -0.15) is 0 Å². The number of ether oxygens (including phenoxy) is 1. The largest absolute Gasteiger partial charge is 0.383 e. The van der Waals surface area contributed by atoms with Crippen LogP contribution in [0.2, 0.25) is 0 Å². The number of aromatic nitrogens is 1. The smallest absolute Gasteiger partial charge is 0.269 e. The van der Waals surface area contributed by atoms with E-state index in [-0.39, 0.29) is 22.9 Å². The second kappa shape index (κ2) is 8.58. The van der Waals surface area contributed by atoms with E-state index in [1.807, 2.05) is 24.3 Å². The third-order valence-corrected chi connectivity index (χ3v) is 3.86. The van der Waals surface area contributed by atoms with Gasteiger partial charge >= 0.3 is 0 Å². The van der Waals surface area contributed by atoms with Crippen LogP contribution in [0.3, 0.4) is 0 Å². The van der Waals surface area contributed by atoms with Gasteiger partial charge in [0.25, 0.3) is 11.8 Å². The van der Waals surface area contributed by atoms with E-state index >= 15 is 0 Å². The Bertz CT molecular complexity index is 765. The topological polar surface area (TPSA) is 80.3 Å². The lowest BCUT2D eigenvalue weighted by Crippen LogP contribution is -2.28. The molecule has 0 atom stereocenters. The molecule has 0 fully saturated rings. The summed E-state index contributed by atoms with van der Waals surface area (Å²) >= 11 is 0. The Labute approximate surface area is 154 Å². The Balaban J connectivity index is 2.05. The molecule has 6 heteroatoms. The quantitative estimate of drug-likeness (QED) is 0.781. The number of methoxy groups -OCH3 is 1. The van der Waals surface area contributed by atoms with Crippen molar-refractivity contribution >= 4 is 17.5 Å². The lowest BCUT2D eigenvalue weighted by molar-refractivity contribution is 0.0932. The van der Waals surface area contributed by atoms with Crippen molar-refractivity contribution in [3.63, 3.8) is 0 Å². The second-order valence-corrected chi connectivity index (χ2v) is 6.96. The number of amides is 2. The minimum Gasteiger partial charge on any atom is -0.383 e. The number of hydrogen-bond donors (Lipinski definition) is 2. The molecule has 0 saturated carbocycles. The van der Waals surface area contributed by atoms with Gasteiger partial charge in [0.1, 0.15) is 5.69 Å². The average Bonchev–Trinajstić information content (AvgIpc) is 2.61. The minimum absolute atomic E-state index is 0.0543. The van der Waals surface area contributed by atoms with Gasteiger partial charge in [0.15, 0.2) is 0 Å². The van der Waals surface area contributed by atoms with Crippen LogP contribution in [0.5, 0.6) is 0 Å². The summed E-state index contributed by atoms with van der Waals surface area (Å²) in [6.07, 6.45) is 1.45. The number of carbonyl (C=O) groups excluding carboxylic acids is 2. The number of nitrogens with one attached hydrogen (secondary N) is 2. The van der Waals surface area contributed by atoms with Crippen LogP contribution in [-0.2, 0) is 10.2 Å². The van der Waals surface area contributed by atoms with Crippen LogP contribution in [0.1, 0.15) is 47.2 Å². The summed E-state index contributed by atoms with van der Waals surface area (Å²) in [6.45, 7) is 7.20. The minimum atomic E-state index is -0.341. The van der Waals surface area contributed by atoms with E-state index in [0.717, 1.165) is 0 Å². The highest BCUT2D eigenvalue weighted by atomic mass is 16.5. The Kier molecular flexibility index (Phi) is 6.46. The first-order chi connectivity index (χ1) is 12.3. The van der Waals surface area contributed by atoms with E-state index in [2.05, 4.69) is 36.4 Å². The van der Waals surface area contributed by atoms with E-state index in [1.165, 1.54) is 17.8 Å². The Hall–Kier alpha value is -2.73. The molecule has 2 N–H and O–H groups in total. The number of benzene rings is 1. The third-order valence-electron chi connectivity index (χ3n) is 3.86. The van der Waals surface area contributed by atoms with Gasteiger partial charge in [-0.3, -0.25) is 14.6 Å². The normalized spacial score (nSPS) is 11.1. The van der Waals surface area contributed by atoms with Gasteiger partial charge < -0.3 is 15.4 Å². The molecular formula is C20H25N3O3. The number of rotatable bonds is 6. The summed E-state index contributed by atoms with van der Waals surface area (Å²) in [5, 5.41) is 5.51. The van der Waals surface area contributed by atoms with E-state index in [9.17, 15) is 9.59 Å². The lowest BCUT2D eigenvalue weighted by Gasteiger charge is -2.19. The molecule has 26 heavy (non-hydrogen) atoms. The van der Waals surface area contributed by atoms with Crippen LogP contribution >= 0.6 is 0 Å². The molecule has 0 saturated heterocycles. The van der Waals surface area contributed by atoms with Gasteiger partial charge in [0.2, 0.25) is 0 Å². The molecule has 0 radical (unpaired) electrons. The number of hydrogen-bond acceptors (Lipinski definition) is 4. The summed E-state index contributed by atoms with van der Waals surface area (Å²) in [6, 6.07) is 10.8. The van der Waals surface area contributed by atoms with E-state index in [0.29, 0.717) is 24.4 Å². The molecule has 0 aliphatic carbocycles. The Morgan fingerprint density at radius 1 is 1.08 bits per heavy atom. The zero-order chi connectivity index (χ0) is 19.2. The van der Waals surface area contributed by atoms with Gasteiger partial charge in [-0.15, -0.1) is 0 Å². The first kappa shape index (κ1) is 19.6. The van der Waals surface area contributed by atoms with Gasteiger partial charge in [-0.25, -0.2) is 0 Å². The highest BCUT2D eigenvalue weighted by Gasteiger charge is 2.14. The summed E-state index contributed by atoms with van der Waals surface area (Å²) < 4.78 is 4.89. The third kappa shape index (κ3) is 5.39. The average molecular weight is 355 g/mol. The zero-order valence-corrected chi connectivity index (χ0v) is 15.6. The molecule has 6 nitrogen and oxygen atoms in total. The lowest BCUT2D eigenvalue weighted by atomic mass is 9.87. The molecule has 138 valence electrons. The van der Waals surface area contributed by atoms with Crippen LogP contribution in [0.25, 0.3) is 0 Å². The van der Waals surface area contributed by atoms with E-state index in [4.69, 9.17) is 4.74 Å². The molecule has 2 aromatic rings. The standard InChI is InChI=1S/C20H25N3O3/c1-20(2,3)15-5-7-16(8-6-15)23-18(24)14-9-10-21-17(13-14)19(25)22-11-12-26-4/h5-10,13H,11-12H2,1-4H3,(H,22,25)(H,23,24). The number of anilines is 1. The number of carbonyl (C=O) groups is 2. The fourth-order valence-corrected chi connectivity index (χ4v) is 2.31. The fourth-order valence-electron chi connectivity index (χ4n) is 2.31. The zero-order valence-electron chi connectivity index (χ0n) is 15.6. The Morgan fingerprint density at radius 2 is 1.77 bits per heavy atom. The molecule has 2 amide bonds. The molecule has 2 rings (SSSR count). The maximum atomic E-state index is 12.4. The summed E-state index contributed by atoms with van der Waals surface area (Å²) in [7, 11) is 1.56. The summed E-state index contributed by atoms with van der Waals surface area (Å²) in [5.41, 5.74) is 2.51. The van der Waals surface area contributed by atoms with Crippen LogP contribution in [0.4, 0.5) is 5.69 Å². The molecule has 1 heterocycles. The second-order valence-electron chi connectivity index (χ2n) is 6.96. The van der Waals surface area contributed by atoms with Crippen molar-refractivity contribution in [3.8, 4) is 0 Å². The first-order valence-corrected chi connectivity index (χ1v) is 8.46. The molecule has 0 aliphatic heterocycles. The summed E-state index contributed by atoms with van der Waals surface area (Å²) in [4.78, 5) is 28.5. The van der Waals surface area contributed by atoms with E-state index in [1.54, 1.807) is 13.2 Å². The van der Waals surface area contributed by atoms with E-state index < -0.39 is 0 Å². The van der Waals surface area contributed by atoms with Crippen LogP contribution in [0.15, 0.2) is 42.6 Å². The molecule has 0 aliphatic rings. The van der Waals surface area contributed by atoms with Gasteiger partial charge in [0, 0.05) is 31.1 Å². The predicted molar refractivity (Wildman–Crippen MR) is 102 cm³/mol. The predicted octanol–water partition coefficient (Wildman–Crippen LogP) is 3.01. The maximum absolute atomic E-state index is 12.4. The van der Waals surface area contributed by atoms with Gasteiger partial charge in [0.05, 0.1) is 6.61 Å². The molecule has 1 aromatic heterocycles. The Morgan fingerprint density at radius 3 is 2.38 bits per heavy atom. The van der Waals surface area contributed by atoms with Crippen LogP contribution in [-0.4, -0.2) is 37.1 Å². The highest BCUT2D eigenvalue weighted by Crippen LogP contribution is 2.23. The highest BCUT2D eigenvalue weighted by molar-refractivity contribution is 6.05. The van der Waals surface area contributed by atoms with Gasteiger partial charge in [-0.1, -0.05) is 32.9 Å². The van der Waals surface area contributed by atoms with Crippen molar-refractivity contribution in [2.24, 2.45) is 0 Å². The molecule has 0 spiro atoms. The number of pyridine rings is 1. The molecular weight excluding hydrogens is 330 g/mol. The van der Waals surface area contributed by atoms with Crippen LogP contribution < -0.4 is 10.6 Å². The van der Waals surface area contributed by atoms with Crippen molar-refractivity contribution in [1.29, 1.82) is 0 Å². The molecule has 1 aromatic carbocycles. The van der Waals surface area contributed by atoms with Crippen LogP contribution in [0, 0.1) is 0 Å². The van der Waals surface area contributed by atoms with Crippen molar-refractivity contribution in [3.05, 3.63) is 59.4 Å². The maximum Gasteiger partial charge on any atom is 0.269 e. The van der Waals surface area contributed by atoms with Crippen molar-refractivity contribution in [2.45, 2.75) is 26.2 Å². The van der Waals surface area contributed by atoms with Gasteiger partial charge in [-0.05, 0) is 35.2 Å². The van der Waals surface area contributed by atoms with Crippen molar-refractivity contribution in [2.75, 3.05) is 25.6 Å². The number of nitrogens with zero attached hydrogens (tertiary/aromatic N) is 1. The van der Waals surface area contributed by atoms with Crippen molar-refractivity contribution in [1.82, 2.24) is 10.3 Å². The molecule has 0 unspecified atom stereocenters. The summed E-state index contributed by atoms with van der Waals surface area (Å²) in [5.74, 6) is -0.631. The molecule has 0 bridgehead atoms. The SMILES string of the molecule is COCCNC(=O)c1cc(C(=O)Nc2ccc(C(C)(C)C)cc2)ccn1. The van der Waals surface area contributed by atoms with Crippen molar-refractivity contribution < 1.29 is 14.3 Å². The first-order valence-electron chi connectivity index (χ1n) is 8.46. The monoisotopic (exact) mass is 355 g/mol.